The van der Waals surface area contributed by atoms with Crippen LogP contribution in [0.3, 0.4) is 0 Å². The van der Waals surface area contributed by atoms with Crippen molar-refractivity contribution < 1.29 is 9.90 Å². The van der Waals surface area contributed by atoms with Gasteiger partial charge in [0, 0.05) is 7.05 Å². The molecule has 92 valence electrons. The van der Waals surface area contributed by atoms with E-state index in [4.69, 9.17) is 10.8 Å². The van der Waals surface area contributed by atoms with Crippen LogP contribution in [0, 0.1) is 4.91 Å². The molecule has 0 unspecified atom stereocenters. The molecule has 1 rings (SSSR count). The van der Waals surface area contributed by atoms with E-state index in [9.17, 15) is 14.5 Å². The number of carboxylic acids is 1. The van der Waals surface area contributed by atoms with Gasteiger partial charge in [-0.05, 0) is 12.1 Å². The first-order valence-electron chi connectivity index (χ1n) is 4.57. The quantitative estimate of drug-likeness (QED) is 0.611. The topological polar surface area (TPSA) is 140 Å². The zero-order chi connectivity index (χ0) is 13.2. The van der Waals surface area contributed by atoms with Gasteiger partial charge in [0.1, 0.15) is 6.04 Å². The lowest BCUT2D eigenvalue weighted by molar-refractivity contribution is -0.137. The Hall–Kier alpha value is -2.45. The summed E-state index contributed by atoms with van der Waals surface area (Å²) >= 11 is 0. The maximum absolute atomic E-state index is 11.6. The van der Waals surface area contributed by atoms with Crippen molar-refractivity contribution >= 4 is 23.4 Å². The maximum Gasteiger partial charge on any atom is 0.325 e. The van der Waals surface area contributed by atoms with E-state index in [0.29, 0.717) is 0 Å². The molecule has 0 spiro atoms. The molecule has 1 aromatic rings. The van der Waals surface area contributed by atoms with E-state index >= 15 is 0 Å². The molecule has 0 bridgehead atoms. The van der Waals surface area contributed by atoms with Crippen LogP contribution in [0.5, 0.6) is 0 Å². The molecule has 4 N–H and O–H groups in total. The summed E-state index contributed by atoms with van der Waals surface area (Å²) in [7, 11) is 1.32. The molecule has 17 heavy (non-hydrogen) atoms. The monoisotopic (exact) mass is 241 g/mol. The Morgan fingerprint density at radius 2 is 2.24 bits per heavy atom. The number of carboxylic acid groups (broad SMARTS) is 1. The SMILES string of the molecule is C[C@@H](Nc1nc(N)c(N=O)c(=O)n1C)C(=O)O. The van der Waals surface area contributed by atoms with Gasteiger partial charge in [-0.15, -0.1) is 4.91 Å². The molecule has 1 atom stereocenters. The fourth-order valence-electron chi connectivity index (χ4n) is 1.08. The van der Waals surface area contributed by atoms with Crippen molar-refractivity contribution in [2.45, 2.75) is 13.0 Å². The van der Waals surface area contributed by atoms with Crippen LogP contribution in [0.1, 0.15) is 6.92 Å². The zero-order valence-corrected chi connectivity index (χ0v) is 9.17. The number of hydrogen-bond acceptors (Lipinski definition) is 7. The van der Waals surface area contributed by atoms with Crippen LogP contribution >= 0.6 is 0 Å². The predicted molar refractivity (Wildman–Crippen MR) is 60.1 cm³/mol. The highest BCUT2D eigenvalue weighted by Crippen LogP contribution is 2.15. The third-order valence-corrected chi connectivity index (χ3v) is 2.10. The highest BCUT2D eigenvalue weighted by molar-refractivity contribution is 5.76. The van der Waals surface area contributed by atoms with Gasteiger partial charge in [0.2, 0.25) is 11.6 Å². The number of nitroso groups, excluding NO2 is 1. The first-order chi connectivity index (χ1) is 7.88. The summed E-state index contributed by atoms with van der Waals surface area (Å²) in [6.45, 7) is 1.37. The molecular formula is C8H11N5O4. The number of anilines is 2. The Kier molecular flexibility index (Phi) is 3.41. The van der Waals surface area contributed by atoms with Gasteiger partial charge in [-0.2, -0.15) is 4.98 Å². The summed E-state index contributed by atoms with van der Waals surface area (Å²) < 4.78 is 0.965. The fourth-order valence-corrected chi connectivity index (χ4v) is 1.08. The summed E-state index contributed by atoms with van der Waals surface area (Å²) in [6, 6.07) is -0.956. The van der Waals surface area contributed by atoms with Gasteiger partial charge in [0.25, 0.3) is 5.56 Å². The van der Waals surface area contributed by atoms with E-state index in [0.717, 1.165) is 4.57 Å². The lowest BCUT2D eigenvalue weighted by Gasteiger charge is -2.13. The Morgan fingerprint density at radius 3 is 2.71 bits per heavy atom. The molecule has 1 aromatic heterocycles. The standard InChI is InChI=1S/C8H11N5O4/c1-3(7(15)16)10-8-11-5(9)4(12-17)6(14)13(8)2/h3H,9H2,1-2H3,(H,10,11)(H,15,16)/t3-/m1/s1. The van der Waals surface area contributed by atoms with Crippen molar-refractivity contribution in [1.82, 2.24) is 9.55 Å². The molecule has 0 radical (unpaired) electrons. The van der Waals surface area contributed by atoms with E-state index in [1.54, 1.807) is 0 Å². The number of nitrogen functional groups attached to an aromatic ring is 1. The van der Waals surface area contributed by atoms with E-state index in [1.807, 2.05) is 0 Å². The van der Waals surface area contributed by atoms with Crippen LogP contribution in [0.4, 0.5) is 17.5 Å². The number of carbonyl (C=O) groups is 1. The smallest absolute Gasteiger partial charge is 0.325 e. The summed E-state index contributed by atoms with van der Waals surface area (Å²) in [4.78, 5) is 36.2. The second-order valence-corrected chi connectivity index (χ2v) is 3.33. The Labute approximate surface area is 95.2 Å². The highest BCUT2D eigenvalue weighted by atomic mass is 16.4. The molecule has 0 amide bonds. The normalized spacial score (nSPS) is 11.9. The number of aliphatic carboxylic acids is 1. The molecule has 0 aliphatic carbocycles. The molecule has 0 aromatic carbocycles. The van der Waals surface area contributed by atoms with Gasteiger partial charge in [0.05, 0.1) is 0 Å². The van der Waals surface area contributed by atoms with E-state index in [2.05, 4.69) is 15.5 Å². The van der Waals surface area contributed by atoms with Crippen LogP contribution in [-0.2, 0) is 11.8 Å². The third-order valence-electron chi connectivity index (χ3n) is 2.10. The van der Waals surface area contributed by atoms with Crippen LogP contribution < -0.4 is 16.6 Å². The Morgan fingerprint density at radius 1 is 1.65 bits per heavy atom. The lowest BCUT2D eigenvalue weighted by atomic mass is 10.3. The van der Waals surface area contributed by atoms with Crippen LogP contribution in [0.15, 0.2) is 9.97 Å². The molecular weight excluding hydrogens is 230 g/mol. The molecule has 0 saturated heterocycles. The van der Waals surface area contributed by atoms with E-state index in [1.165, 1.54) is 14.0 Å². The number of nitrogens with zero attached hydrogens (tertiary/aromatic N) is 3. The van der Waals surface area contributed by atoms with Crippen molar-refractivity contribution in [3.05, 3.63) is 15.3 Å². The van der Waals surface area contributed by atoms with Gasteiger partial charge in [-0.1, -0.05) is 0 Å². The summed E-state index contributed by atoms with van der Waals surface area (Å²) in [5.41, 5.74) is 4.11. The second kappa shape index (κ2) is 4.60. The van der Waals surface area contributed by atoms with Crippen LogP contribution in [0.25, 0.3) is 0 Å². The minimum atomic E-state index is -1.12. The van der Waals surface area contributed by atoms with Crippen molar-refractivity contribution in [3.8, 4) is 0 Å². The molecule has 1 heterocycles. The van der Waals surface area contributed by atoms with Crippen molar-refractivity contribution in [3.63, 3.8) is 0 Å². The zero-order valence-electron chi connectivity index (χ0n) is 9.17. The minimum Gasteiger partial charge on any atom is -0.480 e. The van der Waals surface area contributed by atoms with Gasteiger partial charge in [-0.25, -0.2) is 0 Å². The first kappa shape index (κ1) is 12.6. The van der Waals surface area contributed by atoms with Crippen LogP contribution in [0.2, 0.25) is 0 Å². The Bertz CT molecular complexity index is 523. The number of nitrogens with one attached hydrogen (secondary N) is 1. The third kappa shape index (κ3) is 2.38. The summed E-state index contributed by atoms with van der Waals surface area (Å²) in [5.74, 6) is -1.51. The number of nitrogens with two attached hydrogens (primary N) is 1. The lowest BCUT2D eigenvalue weighted by Crippen LogP contribution is -2.31. The van der Waals surface area contributed by atoms with Crippen molar-refractivity contribution in [2.75, 3.05) is 11.1 Å². The second-order valence-electron chi connectivity index (χ2n) is 3.33. The molecule has 0 fully saturated rings. The molecule has 9 nitrogen and oxygen atoms in total. The van der Waals surface area contributed by atoms with Crippen molar-refractivity contribution in [2.24, 2.45) is 12.2 Å². The van der Waals surface area contributed by atoms with Gasteiger partial charge >= 0.3 is 5.97 Å². The number of rotatable bonds is 4. The minimum absolute atomic E-state index is 0.0465. The van der Waals surface area contributed by atoms with E-state index < -0.39 is 23.3 Å². The number of aromatic nitrogens is 2. The largest absolute Gasteiger partial charge is 0.480 e. The van der Waals surface area contributed by atoms with E-state index in [-0.39, 0.29) is 11.8 Å². The molecule has 0 aliphatic heterocycles. The Balaban J connectivity index is 3.24. The molecule has 0 aliphatic rings. The maximum atomic E-state index is 11.6. The summed E-state index contributed by atoms with van der Waals surface area (Å²) in [5, 5.41) is 13.6. The summed E-state index contributed by atoms with van der Waals surface area (Å²) in [6.07, 6.45) is 0. The van der Waals surface area contributed by atoms with Crippen LogP contribution in [-0.4, -0.2) is 26.7 Å². The average molecular weight is 241 g/mol. The number of hydrogen-bond donors (Lipinski definition) is 3. The molecule has 0 saturated carbocycles. The molecule has 9 heteroatoms. The average Bonchev–Trinajstić information content (AvgIpc) is 2.26. The van der Waals surface area contributed by atoms with Crippen molar-refractivity contribution in [1.29, 1.82) is 0 Å². The first-order valence-corrected chi connectivity index (χ1v) is 4.57. The van der Waals surface area contributed by atoms with Gasteiger partial charge < -0.3 is 16.2 Å². The van der Waals surface area contributed by atoms with Gasteiger partial charge in [0.15, 0.2) is 5.82 Å². The van der Waals surface area contributed by atoms with Gasteiger partial charge in [-0.3, -0.25) is 14.2 Å². The predicted octanol–water partition coefficient (Wildman–Crippen LogP) is -0.355. The fraction of sp³-hybridized carbons (Fsp3) is 0.375. The highest BCUT2D eigenvalue weighted by Gasteiger charge is 2.17.